The third-order valence-electron chi connectivity index (χ3n) is 5.53. The summed E-state index contributed by atoms with van der Waals surface area (Å²) in [6.07, 6.45) is 2.20. The maximum Gasteiger partial charge on any atom is 0.253 e. The van der Waals surface area contributed by atoms with E-state index in [2.05, 4.69) is 16.0 Å². The van der Waals surface area contributed by atoms with Crippen LogP contribution >= 0.6 is 35.0 Å². The molecule has 0 radical (unpaired) electrons. The van der Waals surface area contributed by atoms with Gasteiger partial charge in [-0.15, -0.1) is 0 Å². The van der Waals surface area contributed by atoms with Gasteiger partial charge in [-0.05, 0) is 43.7 Å². The van der Waals surface area contributed by atoms with Crippen LogP contribution < -0.4 is 16.0 Å². The highest BCUT2D eigenvalue weighted by Gasteiger charge is 2.50. The lowest BCUT2D eigenvalue weighted by molar-refractivity contribution is -0.134. The molecule has 200 valence electrons. The quantitative estimate of drug-likeness (QED) is 0.298. The monoisotopic (exact) mass is 561 g/mol. The molecule has 1 saturated heterocycles. The van der Waals surface area contributed by atoms with Crippen molar-refractivity contribution in [2.24, 2.45) is 5.92 Å². The molecular formula is C24H33Cl2N3O6S. The lowest BCUT2D eigenvalue weighted by Gasteiger charge is -2.26. The number of halogens is 2. The SMILES string of the molecule is COC[C@H](NC(=O)[C@@H](CSC)NC(=O)c1cc(Cl)ccc1Cl)C(=O)N[C@@H](CC(C)C)C(=O)[C@@]1(C)CO1. The van der Waals surface area contributed by atoms with Crippen molar-refractivity contribution < 1.29 is 28.7 Å². The van der Waals surface area contributed by atoms with Crippen LogP contribution in [0.1, 0.15) is 37.6 Å². The van der Waals surface area contributed by atoms with E-state index in [1.165, 1.54) is 31.0 Å². The average molecular weight is 563 g/mol. The molecule has 1 aliphatic rings. The summed E-state index contributed by atoms with van der Waals surface area (Å²) >= 11 is 13.4. The van der Waals surface area contributed by atoms with E-state index in [4.69, 9.17) is 32.7 Å². The number of methoxy groups -OCH3 is 1. The minimum Gasteiger partial charge on any atom is -0.382 e. The van der Waals surface area contributed by atoms with Crippen LogP contribution in [-0.2, 0) is 23.9 Å². The van der Waals surface area contributed by atoms with Gasteiger partial charge < -0.3 is 25.4 Å². The van der Waals surface area contributed by atoms with Crippen LogP contribution in [0.4, 0.5) is 0 Å². The lowest BCUT2D eigenvalue weighted by Crippen LogP contribution is -2.58. The number of carbonyl (C=O) groups is 4. The number of thioether (sulfide) groups is 1. The highest BCUT2D eigenvalue weighted by Crippen LogP contribution is 2.29. The van der Waals surface area contributed by atoms with Gasteiger partial charge >= 0.3 is 0 Å². The van der Waals surface area contributed by atoms with Gasteiger partial charge in [0.25, 0.3) is 5.91 Å². The van der Waals surface area contributed by atoms with E-state index in [-0.39, 0.29) is 34.6 Å². The highest BCUT2D eigenvalue weighted by atomic mass is 35.5. The van der Waals surface area contributed by atoms with Crippen LogP contribution in [0, 0.1) is 5.92 Å². The second-order valence-electron chi connectivity index (χ2n) is 9.20. The van der Waals surface area contributed by atoms with Gasteiger partial charge in [0.05, 0.1) is 29.8 Å². The fourth-order valence-electron chi connectivity index (χ4n) is 3.47. The molecule has 1 fully saturated rings. The zero-order valence-electron chi connectivity index (χ0n) is 21.0. The number of hydrogen-bond acceptors (Lipinski definition) is 7. The molecule has 1 aromatic rings. The van der Waals surface area contributed by atoms with E-state index in [1.54, 1.807) is 19.2 Å². The molecule has 1 aromatic carbocycles. The molecule has 1 heterocycles. The van der Waals surface area contributed by atoms with E-state index >= 15 is 0 Å². The molecule has 0 aromatic heterocycles. The number of amides is 3. The number of ether oxygens (including phenoxy) is 2. The summed E-state index contributed by atoms with van der Waals surface area (Å²) in [5.41, 5.74) is -0.776. The third kappa shape index (κ3) is 8.62. The summed E-state index contributed by atoms with van der Waals surface area (Å²) in [6.45, 7) is 5.75. The maximum absolute atomic E-state index is 13.1. The molecule has 12 heteroatoms. The fourth-order valence-corrected chi connectivity index (χ4v) is 4.42. The Hall–Kier alpha value is -1.85. The van der Waals surface area contributed by atoms with Gasteiger partial charge in [-0.3, -0.25) is 19.2 Å². The predicted molar refractivity (Wildman–Crippen MR) is 141 cm³/mol. The first-order chi connectivity index (χ1) is 16.9. The molecule has 36 heavy (non-hydrogen) atoms. The Morgan fingerprint density at radius 3 is 2.25 bits per heavy atom. The Balaban J connectivity index is 2.13. The van der Waals surface area contributed by atoms with Gasteiger partial charge in [-0.2, -0.15) is 11.8 Å². The van der Waals surface area contributed by atoms with Gasteiger partial charge in [0.2, 0.25) is 11.8 Å². The Kier molecular flexibility index (Phi) is 11.5. The summed E-state index contributed by atoms with van der Waals surface area (Å²) in [5.74, 6) is -1.57. The summed E-state index contributed by atoms with van der Waals surface area (Å²) in [6, 6.07) is 1.62. The second kappa shape index (κ2) is 13.6. The molecule has 3 amide bonds. The molecule has 0 bridgehead atoms. The number of benzene rings is 1. The molecule has 3 N–H and O–H groups in total. The van der Waals surface area contributed by atoms with E-state index in [0.717, 1.165) is 0 Å². The van der Waals surface area contributed by atoms with Crippen LogP contribution in [0.25, 0.3) is 0 Å². The highest BCUT2D eigenvalue weighted by molar-refractivity contribution is 7.98. The summed E-state index contributed by atoms with van der Waals surface area (Å²) in [5, 5.41) is 8.53. The van der Waals surface area contributed by atoms with Crippen LogP contribution in [-0.4, -0.2) is 79.6 Å². The fraction of sp³-hybridized carbons (Fsp3) is 0.583. The van der Waals surface area contributed by atoms with Gasteiger partial charge in [0.1, 0.15) is 17.7 Å². The van der Waals surface area contributed by atoms with Crippen molar-refractivity contribution in [3.8, 4) is 0 Å². The first-order valence-corrected chi connectivity index (χ1v) is 13.6. The number of carbonyl (C=O) groups excluding carboxylic acids is 4. The summed E-state index contributed by atoms with van der Waals surface area (Å²) in [4.78, 5) is 51.8. The summed E-state index contributed by atoms with van der Waals surface area (Å²) < 4.78 is 10.4. The van der Waals surface area contributed by atoms with Gasteiger partial charge in [-0.25, -0.2) is 0 Å². The van der Waals surface area contributed by atoms with Crippen LogP contribution in [0.5, 0.6) is 0 Å². The number of ketones is 1. The van der Waals surface area contributed by atoms with Crippen molar-refractivity contribution in [3.63, 3.8) is 0 Å². The summed E-state index contributed by atoms with van der Waals surface area (Å²) in [7, 11) is 1.39. The predicted octanol–water partition coefficient (Wildman–Crippen LogP) is 2.47. The van der Waals surface area contributed by atoms with Crippen molar-refractivity contribution >= 4 is 58.5 Å². The third-order valence-corrected chi connectivity index (χ3v) is 6.76. The molecule has 2 rings (SSSR count). The van der Waals surface area contributed by atoms with Crippen LogP contribution in [0.3, 0.4) is 0 Å². The van der Waals surface area contributed by atoms with Crippen molar-refractivity contribution in [1.29, 1.82) is 0 Å². The smallest absolute Gasteiger partial charge is 0.253 e. The Labute approximate surface area is 225 Å². The van der Waals surface area contributed by atoms with Crippen LogP contribution in [0.15, 0.2) is 18.2 Å². The van der Waals surface area contributed by atoms with E-state index in [1.807, 2.05) is 13.8 Å². The molecule has 4 atom stereocenters. The molecule has 0 aliphatic carbocycles. The zero-order valence-corrected chi connectivity index (χ0v) is 23.3. The van der Waals surface area contributed by atoms with Crippen molar-refractivity contribution in [3.05, 3.63) is 33.8 Å². The van der Waals surface area contributed by atoms with E-state index in [9.17, 15) is 19.2 Å². The average Bonchev–Trinajstić information content (AvgIpc) is 3.57. The molecule has 9 nitrogen and oxygen atoms in total. The maximum atomic E-state index is 13.1. The van der Waals surface area contributed by atoms with Gasteiger partial charge in [-0.1, -0.05) is 37.0 Å². The normalized spacial score (nSPS) is 19.2. The molecule has 0 spiro atoms. The van der Waals surface area contributed by atoms with Gasteiger partial charge in [0, 0.05) is 17.9 Å². The molecular weight excluding hydrogens is 529 g/mol. The number of rotatable bonds is 14. The first-order valence-electron chi connectivity index (χ1n) is 11.4. The number of epoxide rings is 1. The van der Waals surface area contributed by atoms with Crippen LogP contribution in [0.2, 0.25) is 10.0 Å². The van der Waals surface area contributed by atoms with E-state index < -0.39 is 41.4 Å². The molecule has 0 saturated carbocycles. The largest absolute Gasteiger partial charge is 0.382 e. The topological polar surface area (TPSA) is 126 Å². The van der Waals surface area contributed by atoms with Crippen molar-refractivity contribution in [2.75, 3.05) is 32.3 Å². The van der Waals surface area contributed by atoms with E-state index in [0.29, 0.717) is 18.1 Å². The standard InChI is InChI=1S/C24H33Cl2N3O6S/c1-13(2)8-17(20(30)24(3)12-35-24)27-22(32)18(10-34-4)28-23(33)19(11-36-5)29-21(31)15-9-14(25)6-7-16(15)26/h6-7,9,13,17-19H,8,10-12H2,1-5H3,(H,27,32)(H,28,33)(H,29,31)/t17-,18-,19+,24+/m0/s1. The zero-order chi connectivity index (χ0) is 27.0. The lowest BCUT2D eigenvalue weighted by atomic mass is 9.93. The second-order valence-corrected chi connectivity index (χ2v) is 11.0. The minimum atomic E-state index is -1.09. The number of Topliss-reactive ketones (excluding diaryl/α,β-unsaturated/α-hetero) is 1. The molecule has 1 aliphatic heterocycles. The number of nitrogens with one attached hydrogen (secondary N) is 3. The Bertz CT molecular complexity index is 973. The first kappa shape index (κ1) is 30.4. The Morgan fingerprint density at radius 1 is 1.08 bits per heavy atom. The van der Waals surface area contributed by atoms with Crippen molar-refractivity contribution in [2.45, 2.75) is 50.9 Å². The molecule has 0 unspecified atom stereocenters. The minimum absolute atomic E-state index is 0.125. The Morgan fingerprint density at radius 2 is 1.69 bits per heavy atom. The number of hydrogen-bond donors (Lipinski definition) is 3. The van der Waals surface area contributed by atoms with Crippen molar-refractivity contribution in [1.82, 2.24) is 16.0 Å². The van der Waals surface area contributed by atoms with Gasteiger partial charge in [0.15, 0.2) is 5.78 Å².